The van der Waals surface area contributed by atoms with Crippen molar-refractivity contribution in [1.29, 1.82) is 0 Å². The Morgan fingerprint density at radius 3 is 1.27 bits per heavy atom. The van der Waals surface area contributed by atoms with Crippen molar-refractivity contribution in [1.82, 2.24) is 9.88 Å². The molecule has 2 unspecified atom stereocenters. The highest BCUT2D eigenvalue weighted by molar-refractivity contribution is 6.42. The van der Waals surface area contributed by atoms with Gasteiger partial charge in [-0.05, 0) is 163 Å². The third-order valence-electron chi connectivity index (χ3n) is 13.0. The normalized spacial score (nSPS) is 13.9. The Balaban J connectivity index is 0.000000475. The number of morpholine rings is 1. The van der Waals surface area contributed by atoms with E-state index in [9.17, 15) is 17.6 Å². The molecule has 7 aromatic rings. The van der Waals surface area contributed by atoms with Crippen molar-refractivity contribution in [2.24, 2.45) is 0 Å². The van der Waals surface area contributed by atoms with Crippen LogP contribution >= 0.6 is 46.4 Å². The number of benzene rings is 6. The van der Waals surface area contributed by atoms with Crippen molar-refractivity contribution in [2.45, 2.75) is 190 Å². The maximum atomic E-state index is 12.8. The van der Waals surface area contributed by atoms with Gasteiger partial charge < -0.3 is 4.74 Å². The molecule has 3 nitrogen and oxygen atoms in total. The first-order valence-electron chi connectivity index (χ1n) is 29.1. The van der Waals surface area contributed by atoms with Crippen LogP contribution in [0, 0.1) is 5.82 Å². The van der Waals surface area contributed by atoms with Gasteiger partial charge in [-0.15, -0.1) is 0 Å². The van der Waals surface area contributed by atoms with Gasteiger partial charge in [0.15, 0.2) is 0 Å². The molecule has 83 heavy (non-hydrogen) atoms. The van der Waals surface area contributed by atoms with E-state index in [1.165, 1.54) is 40.5 Å². The van der Waals surface area contributed by atoms with Crippen LogP contribution < -0.4 is 0 Å². The van der Waals surface area contributed by atoms with Crippen LogP contribution in [0.5, 0.6) is 0 Å². The predicted octanol–water partition coefficient (Wildman–Crippen LogP) is 24.3. The fourth-order valence-electron chi connectivity index (χ4n) is 7.80. The van der Waals surface area contributed by atoms with Gasteiger partial charge >= 0.3 is 6.18 Å². The van der Waals surface area contributed by atoms with Crippen molar-refractivity contribution in [3.05, 3.63) is 241 Å². The average Bonchev–Trinajstić information content (AvgIpc) is 3.47. The van der Waals surface area contributed by atoms with E-state index in [0.29, 0.717) is 57.9 Å². The van der Waals surface area contributed by atoms with E-state index in [4.69, 9.17) is 51.1 Å². The number of rotatable bonds is 8. The van der Waals surface area contributed by atoms with Gasteiger partial charge in [-0.25, -0.2) is 4.39 Å². The third-order valence-corrected chi connectivity index (χ3v) is 14.2. The number of alkyl halides is 3. The molecule has 2 heterocycles. The number of pyridine rings is 1. The first-order chi connectivity index (χ1) is 38.8. The van der Waals surface area contributed by atoms with Gasteiger partial charge in [0.1, 0.15) is 5.82 Å². The summed E-state index contributed by atoms with van der Waals surface area (Å²) in [6.45, 7) is 40.2. The topological polar surface area (TPSA) is 25.4 Å². The molecule has 1 aliphatic rings. The van der Waals surface area contributed by atoms with Crippen molar-refractivity contribution < 1.29 is 22.3 Å². The standard InChI is InChI=1S/C10H11F3.C9H10Cl2.2C9H11Cl.C9H11F.C9H19NO.C9H12.C8H11N/c1-7(2)8-4-3-5-9(6-8)10(11,12)13;1-6(2)7-3-4-8(10)9(11)5-7;1-7(2)8-3-5-9(10)6-4-8;1-7(2)8-4-3-5-9(10)6-8;1-7(2)8-5-3-4-6-9(8)10;1-7(2)10-5-8(3)11-9(4)6-10;1-8(2)9-6-4-3-5-7-9;1-7(2)8-5-3-4-6-9-8/h3-7H,1-2H3;3-6H,1-2H3;3*3-7H,1-2H3;7-9H,5-6H2,1-4H3;3-8H,1-2H3;3-7H,1-2H3. The smallest absolute Gasteiger partial charge is 0.373 e. The fraction of sp³-hybridized carbons (Fsp3) is 0.431. The fourth-order valence-corrected chi connectivity index (χ4v) is 8.43. The second kappa shape index (κ2) is 40.6. The van der Waals surface area contributed by atoms with Crippen LogP contribution in [0.2, 0.25) is 20.1 Å². The Labute approximate surface area is 519 Å². The minimum atomic E-state index is -4.23. The molecule has 0 radical (unpaired) electrons. The quantitative estimate of drug-likeness (QED) is 0.142. The number of hydrogen-bond acceptors (Lipinski definition) is 3. The average molecular weight is 1220 g/mol. The molecular weight excluding hydrogens is 1130 g/mol. The Morgan fingerprint density at radius 2 is 0.880 bits per heavy atom. The lowest BCUT2D eigenvalue weighted by molar-refractivity contribution is -0.137. The SMILES string of the molecule is CC(C)c1ccc(Cl)c(Cl)c1.CC(C)c1ccc(Cl)cc1.CC(C)c1cccc(C(F)(F)F)c1.CC(C)c1cccc(Cl)c1.CC(C)c1ccccc1.CC(C)c1ccccc1F.CC(C)c1ccccn1.CC1CN(C(C)C)CC(C)O1. The zero-order chi connectivity index (χ0) is 63.0. The highest BCUT2D eigenvalue weighted by atomic mass is 35.5. The minimum Gasteiger partial charge on any atom is -0.373 e. The highest BCUT2D eigenvalue weighted by Crippen LogP contribution is 2.31. The molecule has 1 fully saturated rings. The summed E-state index contributed by atoms with van der Waals surface area (Å²) in [4.78, 5) is 6.65. The maximum absolute atomic E-state index is 12.8. The first-order valence-corrected chi connectivity index (χ1v) is 30.6. The van der Waals surface area contributed by atoms with Crippen LogP contribution in [0.4, 0.5) is 17.6 Å². The summed E-state index contributed by atoms with van der Waals surface area (Å²) in [5, 5.41) is 2.89. The van der Waals surface area contributed by atoms with Gasteiger partial charge in [0.2, 0.25) is 0 Å². The van der Waals surface area contributed by atoms with Crippen LogP contribution in [-0.4, -0.2) is 41.2 Å². The van der Waals surface area contributed by atoms with Crippen LogP contribution in [0.25, 0.3) is 0 Å². The Hall–Kier alpha value is -4.73. The van der Waals surface area contributed by atoms with Crippen molar-refractivity contribution >= 4 is 46.4 Å². The molecule has 456 valence electrons. The lowest BCUT2D eigenvalue weighted by atomic mass is 10.0. The van der Waals surface area contributed by atoms with Gasteiger partial charge in [0, 0.05) is 41.1 Å². The Bertz CT molecular complexity index is 2730. The largest absolute Gasteiger partial charge is 0.416 e. The predicted molar refractivity (Wildman–Crippen MR) is 353 cm³/mol. The van der Waals surface area contributed by atoms with Crippen LogP contribution in [0.3, 0.4) is 0 Å². The number of aromatic nitrogens is 1. The van der Waals surface area contributed by atoms with Gasteiger partial charge in [0.05, 0.1) is 27.8 Å². The molecule has 0 aliphatic carbocycles. The Kier molecular flexibility index (Phi) is 37.3. The zero-order valence-electron chi connectivity index (χ0n) is 52.7. The van der Waals surface area contributed by atoms with Crippen molar-refractivity contribution in [2.75, 3.05) is 13.1 Å². The van der Waals surface area contributed by atoms with E-state index >= 15 is 0 Å². The maximum Gasteiger partial charge on any atom is 0.416 e. The van der Waals surface area contributed by atoms with Crippen LogP contribution in [-0.2, 0) is 10.9 Å². The molecular formula is C72H96Cl4F4N2O. The second-order valence-corrected chi connectivity index (χ2v) is 24.7. The van der Waals surface area contributed by atoms with Gasteiger partial charge in [-0.3, -0.25) is 9.88 Å². The minimum absolute atomic E-state index is 0.0995. The van der Waals surface area contributed by atoms with Crippen molar-refractivity contribution in [3.8, 4) is 0 Å². The molecule has 2 atom stereocenters. The first kappa shape index (κ1) is 76.3. The summed E-state index contributed by atoms with van der Waals surface area (Å²) in [6, 6.07) is 51.2. The number of hydrogen-bond donors (Lipinski definition) is 0. The zero-order valence-corrected chi connectivity index (χ0v) is 55.7. The molecule has 0 N–H and O–H groups in total. The van der Waals surface area contributed by atoms with E-state index in [2.05, 4.69) is 149 Å². The van der Waals surface area contributed by atoms with Crippen LogP contribution in [0.15, 0.2) is 170 Å². The summed E-state index contributed by atoms with van der Waals surface area (Å²) in [5.41, 5.74) is 7.38. The number of nitrogens with zero attached hydrogens (tertiary/aromatic N) is 2. The monoisotopic (exact) mass is 1220 g/mol. The molecule has 0 amide bonds. The molecule has 1 aromatic heterocycles. The van der Waals surface area contributed by atoms with E-state index in [0.717, 1.165) is 46.0 Å². The molecule has 8 rings (SSSR count). The van der Waals surface area contributed by atoms with Gasteiger partial charge in [-0.1, -0.05) is 246 Å². The van der Waals surface area contributed by atoms with E-state index in [1.54, 1.807) is 12.1 Å². The highest BCUT2D eigenvalue weighted by Gasteiger charge is 2.30. The molecule has 1 aliphatic heterocycles. The molecule has 0 bridgehead atoms. The second-order valence-electron chi connectivity index (χ2n) is 23.0. The molecule has 11 heteroatoms. The lowest BCUT2D eigenvalue weighted by Gasteiger charge is -2.37. The van der Waals surface area contributed by atoms with Crippen molar-refractivity contribution in [3.63, 3.8) is 0 Å². The summed E-state index contributed by atoms with van der Waals surface area (Å²) in [5.74, 6) is 3.18. The lowest BCUT2D eigenvalue weighted by Crippen LogP contribution is -2.48. The van der Waals surface area contributed by atoms with Crippen LogP contribution in [0.1, 0.15) is 211 Å². The van der Waals surface area contributed by atoms with Gasteiger partial charge in [0.25, 0.3) is 0 Å². The van der Waals surface area contributed by atoms with Gasteiger partial charge in [-0.2, -0.15) is 13.2 Å². The molecule has 6 aromatic carbocycles. The van der Waals surface area contributed by atoms with E-state index in [-0.39, 0.29) is 17.7 Å². The summed E-state index contributed by atoms with van der Waals surface area (Å²) >= 11 is 23.1. The Morgan fingerprint density at radius 1 is 0.434 bits per heavy atom. The summed E-state index contributed by atoms with van der Waals surface area (Å²) < 4.78 is 55.2. The third kappa shape index (κ3) is 32.9. The number of ether oxygens (including phenoxy) is 1. The molecule has 0 spiro atoms. The molecule has 1 saturated heterocycles. The number of halogens is 8. The van der Waals surface area contributed by atoms with E-state index in [1.807, 2.05) is 119 Å². The van der Waals surface area contributed by atoms with E-state index < -0.39 is 11.7 Å². The molecule has 0 saturated carbocycles. The summed E-state index contributed by atoms with van der Waals surface area (Å²) in [6.07, 6.45) is -1.59. The summed E-state index contributed by atoms with van der Waals surface area (Å²) in [7, 11) is 0.